The zero-order valence-electron chi connectivity index (χ0n) is 9.73. The van der Waals surface area contributed by atoms with Gasteiger partial charge in [-0.1, -0.05) is 6.92 Å². The minimum Gasteiger partial charge on any atom is -0.469 e. The number of methoxy groups -OCH3 is 1. The molecule has 1 fully saturated rings. The van der Waals surface area contributed by atoms with Crippen molar-refractivity contribution in [2.75, 3.05) is 26.1 Å². The smallest absolute Gasteiger partial charge is 0.324 e. The molecular formula is C10H15ClN2O4. The molecular weight excluding hydrogens is 248 g/mol. The Balaban J connectivity index is 2.56. The average Bonchev–Trinajstić information content (AvgIpc) is 2.70. The third-order valence-corrected chi connectivity index (χ3v) is 3.01. The van der Waals surface area contributed by atoms with Crippen molar-refractivity contribution >= 4 is 29.5 Å². The first-order valence-corrected chi connectivity index (χ1v) is 5.75. The molecule has 7 heteroatoms. The molecule has 0 spiro atoms. The molecule has 3 amide bonds. The Morgan fingerprint density at radius 3 is 2.59 bits per heavy atom. The summed E-state index contributed by atoms with van der Waals surface area (Å²) in [7, 11) is 1.31. The number of halogens is 1. The average molecular weight is 263 g/mol. The van der Waals surface area contributed by atoms with E-state index in [1.165, 1.54) is 12.0 Å². The lowest BCUT2D eigenvalue weighted by molar-refractivity contribution is -0.146. The number of hydrogen-bond acceptors (Lipinski definition) is 4. The maximum atomic E-state index is 11.6. The molecule has 2 unspecified atom stereocenters. The second-order valence-electron chi connectivity index (χ2n) is 4.00. The van der Waals surface area contributed by atoms with Crippen LogP contribution in [0.3, 0.4) is 0 Å². The minimum atomic E-state index is -0.550. The van der Waals surface area contributed by atoms with Crippen molar-refractivity contribution in [1.29, 1.82) is 0 Å². The van der Waals surface area contributed by atoms with Crippen LogP contribution in [-0.4, -0.2) is 48.9 Å². The number of alkyl halides is 1. The summed E-state index contributed by atoms with van der Waals surface area (Å²) in [5, 5.41) is 2.13. The predicted molar refractivity (Wildman–Crippen MR) is 60.5 cm³/mol. The zero-order chi connectivity index (χ0) is 13.0. The first-order chi connectivity index (χ1) is 7.99. The zero-order valence-corrected chi connectivity index (χ0v) is 10.5. The number of carbonyl (C=O) groups is 3. The Bertz CT molecular complexity index is 334. The SMILES string of the molecule is COC(=O)C1CN(C(=O)NC(=O)CCl)CC1C. The first-order valence-electron chi connectivity index (χ1n) is 5.22. The third kappa shape index (κ3) is 3.33. The van der Waals surface area contributed by atoms with Crippen LogP contribution in [0.2, 0.25) is 0 Å². The van der Waals surface area contributed by atoms with Crippen molar-refractivity contribution < 1.29 is 19.1 Å². The van der Waals surface area contributed by atoms with Gasteiger partial charge < -0.3 is 9.64 Å². The summed E-state index contributed by atoms with van der Waals surface area (Å²) in [5.74, 6) is -1.48. The number of likely N-dealkylation sites (tertiary alicyclic amines) is 1. The number of hydrogen-bond donors (Lipinski definition) is 1. The van der Waals surface area contributed by atoms with Gasteiger partial charge in [0.2, 0.25) is 5.91 Å². The van der Waals surface area contributed by atoms with Crippen LogP contribution in [0.4, 0.5) is 4.79 Å². The summed E-state index contributed by atoms with van der Waals surface area (Å²) in [5.41, 5.74) is 0. The molecule has 1 rings (SSSR count). The van der Waals surface area contributed by atoms with Crippen LogP contribution in [-0.2, 0) is 14.3 Å². The van der Waals surface area contributed by atoms with Crippen molar-refractivity contribution in [1.82, 2.24) is 10.2 Å². The van der Waals surface area contributed by atoms with Crippen LogP contribution in [0, 0.1) is 11.8 Å². The van der Waals surface area contributed by atoms with Crippen molar-refractivity contribution in [3.8, 4) is 0 Å². The fourth-order valence-electron chi connectivity index (χ4n) is 1.82. The number of imide groups is 1. The predicted octanol–water partition coefficient (Wildman–Crippen LogP) is 0.202. The fraction of sp³-hybridized carbons (Fsp3) is 0.700. The van der Waals surface area contributed by atoms with Crippen LogP contribution in [0.5, 0.6) is 0 Å². The van der Waals surface area contributed by atoms with Gasteiger partial charge in [-0.05, 0) is 5.92 Å². The molecule has 0 saturated carbocycles. The second-order valence-corrected chi connectivity index (χ2v) is 4.27. The summed E-state index contributed by atoms with van der Waals surface area (Å²) in [6, 6.07) is -0.520. The number of rotatable bonds is 2. The van der Waals surface area contributed by atoms with Crippen LogP contribution in [0.25, 0.3) is 0 Å². The van der Waals surface area contributed by atoms with Crippen molar-refractivity contribution in [2.24, 2.45) is 11.8 Å². The normalized spacial score (nSPS) is 23.4. The number of urea groups is 1. The lowest BCUT2D eigenvalue weighted by atomic mass is 9.99. The highest BCUT2D eigenvalue weighted by Crippen LogP contribution is 2.23. The van der Waals surface area contributed by atoms with Gasteiger partial charge >= 0.3 is 12.0 Å². The highest BCUT2D eigenvalue weighted by molar-refractivity contribution is 6.28. The fourth-order valence-corrected chi connectivity index (χ4v) is 1.89. The molecule has 0 bridgehead atoms. The molecule has 1 heterocycles. The number of carbonyl (C=O) groups excluding carboxylic acids is 3. The van der Waals surface area contributed by atoms with Crippen LogP contribution in [0.15, 0.2) is 0 Å². The van der Waals surface area contributed by atoms with Crippen molar-refractivity contribution in [2.45, 2.75) is 6.92 Å². The van der Waals surface area contributed by atoms with Crippen LogP contribution >= 0.6 is 11.6 Å². The largest absolute Gasteiger partial charge is 0.469 e. The second kappa shape index (κ2) is 5.86. The summed E-state index contributed by atoms with van der Waals surface area (Å²) in [6.45, 7) is 2.54. The Kier molecular flexibility index (Phi) is 4.74. The quantitative estimate of drug-likeness (QED) is 0.570. The lowest BCUT2D eigenvalue weighted by Gasteiger charge is -2.15. The van der Waals surface area contributed by atoms with E-state index in [1.807, 2.05) is 6.92 Å². The molecule has 0 radical (unpaired) electrons. The van der Waals surface area contributed by atoms with Crippen molar-refractivity contribution in [3.63, 3.8) is 0 Å². The Morgan fingerprint density at radius 2 is 2.06 bits per heavy atom. The molecule has 0 aromatic rings. The molecule has 1 aliphatic heterocycles. The van der Waals surface area contributed by atoms with E-state index in [-0.39, 0.29) is 30.2 Å². The van der Waals surface area contributed by atoms with E-state index in [2.05, 4.69) is 10.1 Å². The van der Waals surface area contributed by atoms with Gasteiger partial charge in [0, 0.05) is 13.1 Å². The van der Waals surface area contributed by atoms with Crippen LogP contribution < -0.4 is 5.32 Å². The topological polar surface area (TPSA) is 75.7 Å². The molecule has 1 N–H and O–H groups in total. The van der Waals surface area contributed by atoms with Gasteiger partial charge in [0.1, 0.15) is 5.88 Å². The van der Waals surface area contributed by atoms with E-state index in [0.29, 0.717) is 6.54 Å². The molecule has 6 nitrogen and oxygen atoms in total. The van der Waals surface area contributed by atoms with Gasteiger partial charge in [-0.2, -0.15) is 0 Å². The minimum absolute atomic E-state index is 0.0132. The Morgan fingerprint density at radius 1 is 1.41 bits per heavy atom. The summed E-state index contributed by atoms with van der Waals surface area (Å²) < 4.78 is 4.65. The van der Waals surface area contributed by atoms with E-state index in [4.69, 9.17) is 11.6 Å². The number of nitrogens with zero attached hydrogens (tertiary/aromatic N) is 1. The Labute approximate surface area is 104 Å². The van der Waals surface area contributed by atoms with Gasteiger partial charge in [0.05, 0.1) is 13.0 Å². The van der Waals surface area contributed by atoms with Gasteiger partial charge in [-0.25, -0.2) is 4.79 Å². The monoisotopic (exact) mass is 262 g/mol. The molecule has 0 aromatic carbocycles. The standard InChI is InChI=1S/C10H15ClN2O4/c1-6-4-13(5-7(6)9(15)17-2)10(16)12-8(14)3-11/h6-7H,3-5H2,1-2H3,(H,12,14,16). The molecule has 0 aliphatic carbocycles. The van der Waals surface area contributed by atoms with Crippen LogP contribution in [0.1, 0.15) is 6.92 Å². The Hall–Kier alpha value is -1.30. The molecule has 96 valence electrons. The lowest BCUT2D eigenvalue weighted by Crippen LogP contribution is -2.42. The van der Waals surface area contributed by atoms with Gasteiger partial charge in [-0.3, -0.25) is 14.9 Å². The number of nitrogens with one attached hydrogen (secondary N) is 1. The molecule has 1 aliphatic rings. The van der Waals surface area contributed by atoms with E-state index in [9.17, 15) is 14.4 Å². The highest BCUT2D eigenvalue weighted by Gasteiger charge is 2.37. The molecule has 17 heavy (non-hydrogen) atoms. The summed E-state index contributed by atoms with van der Waals surface area (Å²) >= 11 is 5.28. The van der Waals surface area contributed by atoms with E-state index >= 15 is 0 Å². The molecule has 2 atom stereocenters. The summed E-state index contributed by atoms with van der Waals surface area (Å²) in [6.07, 6.45) is 0. The van der Waals surface area contributed by atoms with E-state index in [0.717, 1.165) is 0 Å². The molecule has 1 saturated heterocycles. The highest BCUT2D eigenvalue weighted by atomic mass is 35.5. The maximum absolute atomic E-state index is 11.6. The third-order valence-electron chi connectivity index (χ3n) is 2.77. The number of esters is 1. The van der Waals surface area contributed by atoms with E-state index in [1.54, 1.807) is 0 Å². The van der Waals surface area contributed by atoms with E-state index < -0.39 is 11.9 Å². The van der Waals surface area contributed by atoms with Gasteiger partial charge in [0.25, 0.3) is 0 Å². The first kappa shape index (κ1) is 13.8. The van der Waals surface area contributed by atoms with Crippen molar-refractivity contribution in [3.05, 3.63) is 0 Å². The number of amides is 3. The molecule has 0 aromatic heterocycles. The number of ether oxygens (including phenoxy) is 1. The van der Waals surface area contributed by atoms with Gasteiger partial charge in [0.15, 0.2) is 0 Å². The maximum Gasteiger partial charge on any atom is 0.324 e. The van der Waals surface area contributed by atoms with Gasteiger partial charge in [-0.15, -0.1) is 11.6 Å². The summed E-state index contributed by atoms with van der Waals surface area (Å²) in [4.78, 5) is 35.4.